The quantitative estimate of drug-likeness (QED) is 0.620. The molecule has 0 heterocycles. The van der Waals surface area contributed by atoms with Gasteiger partial charge in [-0.15, -0.1) is 6.58 Å². The van der Waals surface area contributed by atoms with Crippen LogP contribution in [0.15, 0.2) is 55.1 Å². The first-order valence-electron chi connectivity index (χ1n) is 6.24. The molecule has 0 heteroatoms. The highest BCUT2D eigenvalue weighted by Gasteiger charge is 2.31. The molecule has 0 radical (unpaired) electrons. The Morgan fingerprint density at radius 1 is 1.00 bits per heavy atom. The molecule has 92 valence electrons. The summed E-state index contributed by atoms with van der Waals surface area (Å²) in [6.07, 6.45) is 7.61. The third-order valence-electron chi connectivity index (χ3n) is 3.90. The maximum Gasteiger partial charge on any atom is -0.00892 e. The molecular weight excluding hydrogens is 204 g/mol. The van der Waals surface area contributed by atoms with Crippen molar-refractivity contribution in [3.8, 4) is 0 Å². The van der Waals surface area contributed by atoms with Crippen LogP contribution in [-0.2, 0) is 6.42 Å². The Morgan fingerprint density at radius 2 is 1.59 bits per heavy atom. The molecule has 1 rings (SSSR count). The van der Waals surface area contributed by atoms with Gasteiger partial charge in [0.15, 0.2) is 0 Å². The fraction of sp³-hybridized carbons (Fsp3) is 0.412. The minimum atomic E-state index is 0.111. The van der Waals surface area contributed by atoms with Gasteiger partial charge in [0.05, 0.1) is 0 Å². The van der Waals surface area contributed by atoms with Gasteiger partial charge in [0.1, 0.15) is 0 Å². The van der Waals surface area contributed by atoms with Crippen LogP contribution in [0.3, 0.4) is 0 Å². The van der Waals surface area contributed by atoms with Gasteiger partial charge < -0.3 is 0 Å². The molecule has 0 aliphatic heterocycles. The number of hydrogen-bond donors (Lipinski definition) is 0. The van der Waals surface area contributed by atoms with E-state index in [1.807, 2.05) is 6.08 Å². The molecule has 0 N–H and O–H groups in total. The lowest BCUT2D eigenvalue weighted by atomic mass is 9.68. The van der Waals surface area contributed by atoms with Crippen molar-refractivity contribution in [2.24, 2.45) is 10.8 Å². The zero-order valence-electron chi connectivity index (χ0n) is 11.5. The minimum Gasteiger partial charge on any atom is -0.103 e. The fourth-order valence-corrected chi connectivity index (χ4v) is 1.58. The lowest BCUT2D eigenvalue weighted by Crippen LogP contribution is -2.28. The van der Waals surface area contributed by atoms with E-state index in [1.165, 1.54) is 5.56 Å². The molecule has 0 fully saturated rings. The second-order valence-electron chi connectivity index (χ2n) is 5.74. The van der Waals surface area contributed by atoms with Crippen molar-refractivity contribution >= 4 is 0 Å². The zero-order valence-corrected chi connectivity index (χ0v) is 11.5. The molecule has 0 aliphatic carbocycles. The van der Waals surface area contributed by atoms with Gasteiger partial charge >= 0.3 is 0 Å². The third-order valence-corrected chi connectivity index (χ3v) is 3.90. The van der Waals surface area contributed by atoms with Crippen molar-refractivity contribution in [3.63, 3.8) is 0 Å². The molecule has 1 aromatic carbocycles. The largest absolute Gasteiger partial charge is 0.103 e. The van der Waals surface area contributed by atoms with E-state index < -0.39 is 0 Å². The van der Waals surface area contributed by atoms with Gasteiger partial charge in [0.2, 0.25) is 0 Å². The van der Waals surface area contributed by atoms with Crippen LogP contribution in [0, 0.1) is 10.8 Å². The summed E-state index contributed by atoms with van der Waals surface area (Å²) in [4.78, 5) is 0. The molecule has 0 atom stereocenters. The maximum atomic E-state index is 3.93. The van der Waals surface area contributed by atoms with Crippen molar-refractivity contribution in [2.45, 2.75) is 34.1 Å². The van der Waals surface area contributed by atoms with E-state index in [-0.39, 0.29) is 10.8 Å². The van der Waals surface area contributed by atoms with Gasteiger partial charge in [-0.05, 0) is 22.8 Å². The normalized spacial score (nSPS) is 12.9. The highest BCUT2D eigenvalue weighted by Crippen LogP contribution is 2.40. The van der Waals surface area contributed by atoms with Crippen LogP contribution >= 0.6 is 0 Å². The van der Waals surface area contributed by atoms with E-state index in [0.29, 0.717) is 0 Å². The molecule has 0 aliphatic rings. The Hall–Kier alpha value is -1.30. The summed E-state index contributed by atoms with van der Waals surface area (Å²) < 4.78 is 0. The first kappa shape index (κ1) is 13.8. The Bertz CT molecular complexity index is 380. The number of allylic oxidation sites excluding steroid dienone is 3. The predicted molar refractivity (Wildman–Crippen MR) is 77.0 cm³/mol. The molecule has 0 spiro atoms. The van der Waals surface area contributed by atoms with E-state index in [2.05, 4.69) is 76.8 Å². The number of hydrogen-bond acceptors (Lipinski definition) is 0. The van der Waals surface area contributed by atoms with Gasteiger partial charge in [-0.25, -0.2) is 0 Å². The van der Waals surface area contributed by atoms with Crippen molar-refractivity contribution in [3.05, 3.63) is 60.7 Å². The molecule has 0 bridgehead atoms. The Kier molecular flexibility index (Phi) is 4.34. The van der Waals surface area contributed by atoms with Crippen molar-refractivity contribution in [2.75, 3.05) is 0 Å². The molecule has 0 nitrogen and oxygen atoms in total. The van der Waals surface area contributed by atoms with Gasteiger partial charge in [-0.3, -0.25) is 0 Å². The van der Waals surface area contributed by atoms with E-state index in [4.69, 9.17) is 0 Å². The van der Waals surface area contributed by atoms with Crippen molar-refractivity contribution < 1.29 is 0 Å². The first-order valence-corrected chi connectivity index (χ1v) is 6.24. The number of benzene rings is 1. The van der Waals surface area contributed by atoms with Gasteiger partial charge in [0, 0.05) is 0 Å². The summed E-state index contributed by atoms with van der Waals surface area (Å²) in [5.74, 6) is 0. The topological polar surface area (TPSA) is 0 Å². The molecule has 0 amide bonds. The molecule has 0 aromatic heterocycles. The monoisotopic (exact) mass is 228 g/mol. The molecule has 0 saturated heterocycles. The summed E-state index contributed by atoms with van der Waals surface area (Å²) in [7, 11) is 0. The van der Waals surface area contributed by atoms with Crippen LogP contribution in [0.5, 0.6) is 0 Å². The Morgan fingerprint density at radius 3 is 2.12 bits per heavy atom. The van der Waals surface area contributed by atoms with Gasteiger partial charge in [-0.1, -0.05) is 76.3 Å². The van der Waals surface area contributed by atoms with Crippen molar-refractivity contribution in [1.82, 2.24) is 0 Å². The highest BCUT2D eigenvalue weighted by molar-refractivity contribution is 5.19. The molecule has 0 saturated carbocycles. The molecule has 1 aromatic rings. The smallest absolute Gasteiger partial charge is 0.00892 e. The second kappa shape index (κ2) is 5.35. The summed E-state index contributed by atoms with van der Waals surface area (Å²) in [6, 6.07) is 10.5. The van der Waals surface area contributed by atoms with Crippen LogP contribution < -0.4 is 0 Å². The Labute approximate surface area is 106 Å². The van der Waals surface area contributed by atoms with Crippen LogP contribution in [-0.4, -0.2) is 0 Å². The average molecular weight is 228 g/mol. The van der Waals surface area contributed by atoms with Crippen LogP contribution in [0.2, 0.25) is 0 Å². The van der Waals surface area contributed by atoms with Crippen LogP contribution in [0.4, 0.5) is 0 Å². The molecular formula is C17H24. The van der Waals surface area contributed by atoms with Crippen LogP contribution in [0.1, 0.15) is 33.3 Å². The average Bonchev–Trinajstić information content (AvgIpc) is 2.30. The second-order valence-corrected chi connectivity index (χ2v) is 5.74. The fourth-order valence-electron chi connectivity index (χ4n) is 1.58. The predicted octanol–water partition coefficient (Wildman–Crippen LogP) is 5.02. The maximum absolute atomic E-state index is 3.93. The third kappa shape index (κ3) is 3.59. The standard InChI is InChI=1S/C17H24/c1-6-16(2,3)17(4,5)14-10-13-15-11-8-7-9-12-15/h6-12,14H,1,13H2,2-5H3/b14-10+. The van der Waals surface area contributed by atoms with E-state index in [1.54, 1.807) is 0 Å². The van der Waals surface area contributed by atoms with Crippen LogP contribution in [0.25, 0.3) is 0 Å². The number of rotatable bonds is 5. The van der Waals surface area contributed by atoms with E-state index >= 15 is 0 Å². The first-order chi connectivity index (χ1) is 7.89. The Balaban J connectivity index is 2.69. The minimum absolute atomic E-state index is 0.111. The zero-order chi connectivity index (χ0) is 12.9. The molecule has 17 heavy (non-hydrogen) atoms. The summed E-state index contributed by atoms with van der Waals surface area (Å²) in [5, 5.41) is 0. The van der Waals surface area contributed by atoms with Gasteiger partial charge in [-0.2, -0.15) is 0 Å². The van der Waals surface area contributed by atoms with Crippen molar-refractivity contribution in [1.29, 1.82) is 0 Å². The summed E-state index contributed by atoms with van der Waals surface area (Å²) in [5.41, 5.74) is 1.60. The summed E-state index contributed by atoms with van der Waals surface area (Å²) in [6.45, 7) is 12.9. The van der Waals surface area contributed by atoms with Gasteiger partial charge in [0.25, 0.3) is 0 Å². The highest BCUT2D eigenvalue weighted by atomic mass is 14.4. The lowest BCUT2D eigenvalue weighted by molar-refractivity contribution is 0.233. The lowest BCUT2D eigenvalue weighted by Gasteiger charge is -2.37. The van der Waals surface area contributed by atoms with E-state index in [9.17, 15) is 0 Å². The molecule has 0 unspecified atom stereocenters. The SMILES string of the molecule is C=CC(C)(C)C(C)(C)/C=C/Cc1ccccc1. The van der Waals surface area contributed by atoms with E-state index in [0.717, 1.165) is 6.42 Å². The summed E-state index contributed by atoms with van der Waals surface area (Å²) >= 11 is 0.